The Morgan fingerprint density at radius 2 is 1.50 bits per heavy atom. The summed E-state index contributed by atoms with van der Waals surface area (Å²) in [4.78, 5) is 25.4. The average Bonchev–Trinajstić information content (AvgIpc) is 2.68. The molecule has 28 heavy (non-hydrogen) atoms. The first-order valence-electron chi connectivity index (χ1n) is 9.43. The van der Waals surface area contributed by atoms with Crippen molar-refractivity contribution < 1.29 is 19.6 Å². The van der Waals surface area contributed by atoms with Crippen LogP contribution < -0.4 is 10.6 Å². The van der Waals surface area contributed by atoms with Crippen molar-refractivity contribution in [1.29, 1.82) is 0 Å². The zero-order chi connectivity index (χ0) is 20.5. The molecule has 0 bridgehead atoms. The van der Waals surface area contributed by atoms with Gasteiger partial charge in [0.05, 0.1) is 5.94 Å². The molecule has 0 saturated heterocycles. The van der Waals surface area contributed by atoms with Crippen molar-refractivity contribution >= 4 is 18.9 Å². The third-order valence-electron chi connectivity index (χ3n) is 4.35. The van der Waals surface area contributed by atoms with Crippen LogP contribution in [0, 0.1) is 5.92 Å². The lowest BCUT2D eigenvalue weighted by molar-refractivity contribution is -0.123. The second kappa shape index (κ2) is 10.6. The molecule has 0 aliphatic rings. The van der Waals surface area contributed by atoms with Crippen molar-refractivity contribution in [3.63, 3.8) is 0 Å². The Morgan fingerprint density at radius 1 is 0.929 bits per heavy atom. The fraction of sp³-hybridized carbons (Fsp3) is 0.333. The number of hydrogen-bond acceptors (Lipinski definition) is 4. The van der Waals surface area contributed by atoms with Gasteiger partial charge in [0.25, 0.3) is 5.91 Å². The second-order valence-electron chi connectivity index (χ2n) is 7.24. The van der Waals surface area contributed by atoms with E-state index in [1.807, 2.05) is 50.2 Å². The van der Waals surface area contributed by atoms with E-state index in [9.17, 15) is 19.6 Å². The molecule has 0 fully saturated rings. The van der Waals surface area contributed by atoms with E-state index in [1.165, 1.54) is 0 Å². The number of benzene rings is 2. The summed E-state index contributed by atoms with van der Waals surface area (Å²) in [5.41, 5.74) is 1.34. The highest BCUT2D eigenvalue weighted by Crippen LogP contribution is 2.09. The molecule has 0 radical (unpaired) electrons. The number of amides is 2. The van der Waals surface area contributed by atoms with E-state index in [0.717, 1.165) is 5.56 Å². The number of carbonyl (C=O) groups is 2. The number of carbonyl (C=O) groups excluding carboxylic acids is 2. The summed E-state index contributed by atoms with van der Waals surface area (Å²) >= 11 is 0. The summed E-state index contributed by atoms with van der Waals surface area (Å²) in [6.45, 7) is 3.86. The minimum absolute atomic E-state index is 0.165. The molecule has 0 saturated carbocycles. The van der Waals surface area contributed by atoms with Crippen LogP contribution in [0.25, 0.3) is 0 Å². The number of rotatable bonds is 9. The summed E-state index contributed by atoms with van der Waals surface area (Å²) in [7, 11) is -1.67. The fourth-order valence-corrected chi connectivity index (χ4v) is 2.94. The molecule has 2 atom stereocenters. The largest absolute Gasteiger partial charge is 0.475 e. The zero-order valence-corrected chi connectivity index (χ0v) is 16.2. The SMILES string of the molecule is CC(C)C[C@H](NC(=O)[C@@H](Cc1ccccc1)NC(=O)c1ccccc1)B(O)O. The first-order chi connectivity index (χ1) is 13.4. The minimum Gasteiger partial charge on any atom is -0.426 e. The summed E-state index contributed by atoms with van der Waals surface area (Å²) < 4.78 is 0. The molecular formula is C21H27BN2O4. The van der Waals surface area contributed by atoms with Gasteiger partial charge in [-0.05, 0) is 30.0 Å². The molecule has 2 aromatic carbocycles. The molecule has 7 heteroatoms. The Bertz CT molecular complexity index is 754. The fourth-order valence-electron chi connectivity index (χ4n) is 2.94. The predicted octanol–water partition coefficient (Wildman–Crippen LogP) is 1.57. The first kappa shape index (κ1) is 21.7. The van der Waals surface area contributed by atoms with Gasteiger partial charge in [0.2, 0.25) is 5.91 Å². The smallest absolute Gasteiger partial charge is 0.426 e. The zero-order valence-electron chi connectivity index (χ0n) is 16.2. The Labute approximate surface area is 166 Å². The molecule has 2 rings (SSSR count). The maximum Gasteiger partial charge on any atom is 0.475 e. The molecule has 0 unspecified atom stereocenters. The highest BCUT2D eigenvalue weighted by Gasteiger charge is 2.30. The molecular weight excluding hydrogens is 355 g/mol. The van der Waals surface area contributed by atoms with E-state index in [0.29, 0.717) is 18.4 Å². The van der Waals surface area contributed by atoms with Crippen LogP contribution in [-0.4, -0.2) is 41.0 Å². The van der Waals surface area contributed by atoms with Gasteiger partial charge < -0.3 is 20.7 Å². The maximum absolute atomic E-state index is 12.9. The van der Waals surface area contributed by atoms with Crippen molar-refractivity contribution in [2.45, 2.75) is 38.7 Å². The van der Waals surface area contributed by atoms with Crippen molar-refractivity contribution in [3.05, 3.63) is 71.8 Å². The van der Waals surface area contributed by atoms with Crippen LogP contribution in [-0.2, 0) is 11.2 Å². The lowest BCUT2D eigenvalue weighted by atomic mass is 9.75. The van der Waals surface area contributed by atoms with Crippen LogP contribution in [0.1, 0.15) is 36.2 Å². The van der Waals surface area contributed by atoms with Crippen molar-refractivity contribution in [3.8, 4) is 0 Å². The van der Waals surface area contributed by atoms with Crippen LogP contribution in [0.15, 0.2) is 60.7 Å². The van der Waals surface area contributed by atoms with Crippen LogP contribution in [0.5, 0.6) is 0 Å². The van der Waals surface area contributed by atoms with E-state index in [4.69, 9.17) is 0 Å². The van der Waals surface area contributed by atoms with Gasteiger partial charge in [-0.15, -0.1) is 0 Å². The standard InChI is InChI=1S/C21H27BN2O4/c1-15(2)13-19(22(27)28)24-21(26)18(14-16-9-5-3-6-10-16)23-20(25)17-11-7-4-8-12-17/h3-12,15,18-19,27-28H,13-14H2,1-2H3,(H,23,25)(H,24,26)/t18-,19+/m1/s1. The highest BCUT2D eigenvalue weighted by atomic mass is 16.4. The van der Waals surface area contributed by atoms with Gasteiger partial charge in [0, 0.05) is 12.0 Å². The molecule has 0 aliphatic heterocycles. The van der Waals surface area contributed by atoms with E-state index >= 15 is 0 Å². The summed E-state index contributed by atoms with van der Waals surface area (Å²) in [6, 6.07) is 17.2. The van der Waals surface area contributed by atoms with Gasteiger partial charge in [0.15, 0.2) is 0 Å². The Kier molecular flexibility index (Phi) is 8.23. The summed E-state index contributed by atoms with van der Waals surface area (Å²) in [5.74, 6) is -1.45. The molecule has 0 heterocycles. The molecule has 148 valence electrons. The van der Waals surface area contributed by atoms with Crippen molar-refractivity contribution in [2.75, 3.05) is 0 Å². The van der Waals surface area contributed by atoms with Crippen LogP contribution >= 0.6 is 0 Å². The Hall–Kier alpha value is -2.64. The van der Waals surface area contributed by atoms with E-state index in [-0.39, 0.29) is 11.8 Å². The maximum atomic E-state index is 12.9. The lowest BCUT2D eigenvalue weighted by Gasteiger charge is -2.24. The van der Waals surface area contributed by atoms with Gasteiger partial charge in [-0.3, -0.25) is 9.59 Å². The van der Waals surface area contributed by atoms with Gasteiger partial charge in [-0.25, -0.2) is 0 Å². The Balaban J connectivity index is 2.16. The predicted molar refractivity (Wildman–Crippen MR) is 109 cm³/mol. The topological polar surface area (TPSA) is 98.7 Å². The number of hydrogen-bond donors (Lipinski definition) is 4. The van der Waals surface area contributed by atoms with Crippen LogP contribution in [0.3, 0.4) is 0 Å². The first-order valence-corrected chi connectivity index (χ1v) is 9.43. The highest BCUT2D eigenvalue weighted by molar-refractivity contribution is 6.43. The van der Waals surface area contributed by atoms with E-state index < -0.39 is 25.0 Å². The molecule has 0 spiro atoms. The second-order valence-corrected chi connectivity index (χ2v) is 7.24. The molecule has 4 N–H and O–H groups in total. The van der Waals surface area contributed by atoms with Gasteiger partial charge in [-0.1, -0.05) is 62.4 Å². The third kappa shape index (κ3) is 6.83. The third-order valence-corrected chi connectivity index (χ3v) is 4.35. The van der Waals surface area contributed by atoms with Gasteiger partial charge in [0.1, 0.15) is 6.04 Å². The molecule has 0 aromatic heterocycles. The Morgan fingerprint density at radius 3 is 2.04 bits per heavy atom. The van der Waals surface area contributed by atoms with E-state index in [2.05, 4.69) is 10.6 Å². The average molecular weight is 382 g/mol. The van der Waals surface area contributed by atoms with Gasteiger partial charge in [-0.2, -0.15) is 0 Å². The minimum atomic E-state index is -1.67. The summed E-state index contributed by atoms with van der Waals surface area (Å²) in [5, 5.41) is 24.6. The molecule has 2 aromatic rings. The quantitative estimate of drug-likeness (QED) is 0.495. The van der Waals surface area contributed by atoms with E-state index in [1.54, 1.807) is 24.3 Å². The lowest BCUT2D eigenvalue weighted by Crippen LogP contribution is -2.55. The van der Waals surface area contributed by atoms with Crippen molar-refractivity contribution in [2.24, 2.45) is 5.92 Å². The summed E-state index contributed by atoms with van der Waals surface area (Å²) in [6.07, 6.45) is 0.704. The number of nitrogens with one attached hydrogen (secondary N) is 2. The van der Waals surface area contributed by atoms with Crippen LogP contribution in [0.4, 0.5) is 0 Å². The normalized spacial score (nSPS) is 12.9. The van der Waals surface area contributed by atoms with Gasteiger partial charge >= 0.3 is 7.12 Å². The molecule has 6 nitrogen and oxygen atoms in total. The molecule has 0 aliphatic carbocycles. The van der Waals surface area contributed by atoms with Crippen molar-refractivity contribution in [1.82, 2.24) is 10.6 Å². The van der Waals surface area contributed by atoms with Crippen LogP contribution in [0.2, 0.25) is 0 Å². The molecule has 2 amide bonds. The monoisotopic (exact) mass is 382 g/mol.